The highest BCUT2D eigenvalue weighted by Crippen LogP contribution is 2.35. The molecule has 0 atom stereocenters. The molecule has 4 rings (SSSR count). The van der Waals surface area contributed by atoms with Crippen molar-refractivity contribution in [3.8, 4) is 11.5 Å². The zero-order valence-corrected chi connectivity index (χ0v) is 15.5. The SMILES string of the molecule is COc1cc(C(=O)N2CCc3cccc(C)c32)ccc1OC1CCCC1. The van der Waals surface area contributed by atoms with Crippen LogP contribution in [-0.2, 0) is 6.42 Å². The molecule has 2 aliphatic rings. The van der Waals surface area contributed by atoms with E-state index in [1.807, 2.05) is 23.1 Å². The maximum atomic E-state index is 13.1. The van der Waals surface area contributed by atoms with E-state index in [0.717, 1.165) is 42.8 Å². The first-order valence-corrected chi connectivity index (χ1v) is 9.42. The van der Waals surface area contributed by atoms with Crippen molar-refractivity contribution in [2.75, 3.05) is 18.6 Å². The summed E-state index contributed by atoms with van der Waals surface area (Å²) in [4.78, 5) is 15.0. The van der Waals surface area contributed by atoms with Gasteiger partial charge in [-0.05, 0) is 68.4 Å². The lowest BCUT2D eigenvalue weighted by Crippen LogP contribution is -2.29. The highest BCUT2D eigenvalue weighted by Gasteiger charge is 2.28. The number of hydrogen-bond donors (Lipinski definition) is 0. The molecule has 2 aromatic rings. The molecule has 0 aromatic heterocycles. The van der Waals surface area contributed by atoms with E-state index in [1.165, 1.54) is 18.4 Å². The fourth-order valence-electron chi connectivity index (χ4n) is 4.09. The number of benzene rings is 2. The van der Waals surface area contributed by atoms with Crippen LogP contribution in [0.5, 0.6) is 11.5 Å². The summed E-state index contributed by atoms with van der Waals surface area (Å²) in [5.74, 6) is 1.38. The van der Waals surface area contributed by atoms with E-state index in [1.54, 1.807) is 7.11 Å². The molecular formula is C22H25NO3. The van der Waals surface area contributed by atoms with Crippen molar-refractivity contribution in [2.24, 2.45) is 0 Å². The van der Waals surface area contributed by atoms with Crippen LogP contribution < -0.4 is 14.4 Å². The van der Waals surface area contributed by atoms with Gasteiger partial charge in [-0.2, -0.15) is 0 Å². The zero-order valence-electron chi connectivity index (χ0n) is 15.5. The van der Waals surface area contributed by atoms with Crippen molar-refractivity contribution >= 4 is 11.6 Å². The summed E-state index contributed by atoms with van der Waals surface area (Å²) in [6.07, 6.45) is 5.79. The Morgan fingerprint density at radius 1 is 1.12 bits per heavy atom. The molecule has 4 nitrogen and oxygen atoms in total. The normalized spacial score (nSPS) is 16.6. The van der Waals surface area contributed by atoms with Gasteiger partial charge in [0.25, 0.3) is 5.91 Å². The number of rotatable bonds is 4. The molecule has 0 N–H and O–H groups in total. The van der Waals surface area contributed by atoms with Gasteiger partial charge in [0.15, 0.2) is 11.5 Å². The smallest absolute Gasteiger partial charge is 0.258 e. The zero-order chi connectivity index (χ0) is 18.1. The van der Waals surface area contributed by atoms with Gasteiger partial charge in [0.05, 0.1) is 18.9 Å². The minimum Gasteiger partial charge on any atom is -0.493 e. The Labute approximate surface area is 154 Å². The largest absolute Gasteiger partial charge is 0.493 e. The van der Waals surface area contributed by atoms with Gasteiger partial charge >= 0.3 is 0 Å². The number of para-hydroxylation sites is 1. The molecule has 0 radical (unpaired) electrons. The van der Waals surface area contributed by atoms with Gasteiger partial charge in [-0.1, -0.05) is 18.2 Å². The van der Waals surface area contributed by atoms with Crippen LogP contribution in [0.3, 0.4) is 0 Å². The van der Waals surface area contributed by atoms with Gasteiger partial charge in [-0.15, -0.1) is 0 Å². The highest BCUT2D eigenvalue weighted by atomic mass is 16.5. The molecule has 1 heterocycles. The summed E-state index contributed by atoms with van der Waals surface area (Å²) >= 11 is 0. The second-order valence-electron chi connectivity index (χ2n) is 7.18. The minimum absolute atomic E-state index is 0.0174. The number of hydrogen-bond acceptors (Lipinski definition) is 3. The number of fused-ring (bicyclic) bond motifs is 1. The topological polar surface area (TPSA) is 38.8 Å². The van der Waals surface area contributed by atoms with Crippen molar-refractivity contribution in [3.05, 3.63) is 53.1 Å². The molecule has 0 bridgehead atoms. The van der Waals surface area contributed by atoms with Gasteiger partial charge in [-0.3, -0.25) is 4.79 Å². The summed E-state index contributed by atoms with van der Waals surface area (Å²) in [5, 5.41) is 0. The second kappa shape index (κ2) is 7.02. The molecule has 0 unspecified atom stereocenters. The Kier molecular flexibility index (Phi) is 4.58. The Morgan fingerprint density at radius 2 is 1.92 bits per heavy atom. The van der Waals surface area contributed by atoms with Crippen LogP contribution in [0.15, 0.2) is 36.4 Å². The van der Waals surface area contributed by atoms with E-state index in [4.69, 9.17) is 9.47 Å². The van der Waals surface area contributed by atoms with Gasteiger partial charge in [0.2, 0.25) is 0 Å². The van der Waals surface area contributed by atoms with Gasteiger partial charge in [0, 0.05) is 12.1 Å². The number of ether oxygens (including phenoxy) is 2. The first-order chi connectivity index (χ1) is 12.7. The van der Waals surface area contributed by atoms with E-state index in [-0.39, 0.29) is 12.0 Å². The molecule has 0 saturated heterocycles. The van der Waals surface area contributed by atoms with Crippen LogP contribution in [0.25, 0.3) is 0 Å². The maximum Gasteiger partial charge on any atom is 0.258 e. The van der Waals surface area contributed by atoms with Crippen LogP contribution in [-0.4, -0.2) is 25.7 Å². The Bertz CT molecular complexity index is 824. The van der Waals surface area contributed by atoms with E-state index < -0.39 is 0 Å². The van der Waals surface area contributed by atoms with Crippen LogP contribution in [0.2, 0.25) is 0 Å². The third-order valence-corrected chi connectivity index (χ3v) is 5.45. The lowest BCUT2D eigenvalue weighted by atomic mass is 10.1. The van der Waals surface area contributed by atoms with Crippen LogP contribution in [0, 0.1) is 6.92 Å². The summed E-state index contributed by atoms with van der Waals surface area (Å²) in [6.45, 7) is 2.78. The third-order valence-electron chi connectivity index (χ3n) is 5.45. The quantitative estimate of drug-likeness (QED) is 0.812. The number of nitrogens with zero attached hydrogens (tertiary/aromatic N) is 1. The molecule has 0 spiro atoms. The molecule has 1 amide bonds. The van der Waals surface area contributed by atoms with Crippen molar-refractivity contribution in [3.63, 3.8) is 0 Å². The molecule has 136 valence electrons. The third kappa shape index (κ3) is 3.05. The van der Waals surface area contributed by atoms with Crippen LogP contribution in [0.4, 0.5) is 5.69 Å². The minimum atomic E-state index is 0.0174. The average molecular weight is 351 g/mol. The summed E-state index contributed by atoms with van der Waals surface area (Å²) in [6, 6.07) is 11.8. The van der Waals surface area contributed by atoms with E-state index in [9.17, 15) is 4.79 Å². The van der Waals surface area contributed by atoms with E-state index in [2.05, 4.69) is 25.1 Å². The van der Waals surface area contributed by atoms with Crippen LogP contribution in [0.1, 0.15) is 47.2 Å². The number of methoxy groups -OCH3 is 1. The standard InChI is InChI=1S/C22H25NO3/c1-15-6-5-7-16-12-13-23(21(15)16)22(24)17-10-11-19(20(14-17)25-2)26-18-8-3-4-9-18/h5-7,10-11,14,18H,3-4,8-9,12-13H2,1-2H3. The second-order valence-corrected chi connectivity index (χ2v) is 7.18. The number of carbonyl (C=O) groups is 1. The molecule has 1 aliphatic heterocycles. The molecule has 1 aliphatic carbocycles. The predicted molar refractivity (Wildman–Crippen MR) is 102 cm³/mol. The summed E-state index contributed by atoms with van der Waals surface area (Å²) in [5.41, 5.74) is 4.08. The summed E-state index contributed by atoms with van der Waals surface area (Å²) in [7, 11) is 1.63. The monoisotopic (exact) mass is 351 g/mol. The number of aryl methyl sites for hydroxylation is 1. The highest BCUT2D eigenvalue weighted by molar-refractivity contribution is 6.08. The molecule has 26 heavy (non-hydrogen) atoms. The number of anilines is 1. The lowest BCUT2D eigenvalue weighted by Gasteiger charge is -2.21. The molecule has 1 fully saturated rings. The maximum absolute atomic E-state index is 13.1. The summed E-state index contributed by atoms with van der Waals surface area (Å²) < 4.78 is 11.6. The van der Waals surface area contributed by atoms with Crippen molar-refractivity contribution in [1.29, 1.82) is 0 Å². The van der Waals surface area contributed by atoms with Gasteiger partial charge < -0.3 is 14.4 Å². The molecule has 4 heteroatoms. The lowest BCUT2D eigenvalue weighted by molar-refractivity contribution is 0.0988. The molecular weight excluding hydrogens is 326 g/mol. The Hall–Kier alpha value is -2.49. The number of carbonyl (C=O) groups excluding carboxylic acids is 1. The van der Waals surface area contributed by atoms with Crippen molar-refractivity contribution < 1.29 is 14.3 Å². The fourth-order valence-corrected chi connectivity index (χ4v) is 4.09. The molecule has 1 saturated carbocycles. The fraction of sp³-hybridized carbons (Fsp3) is 0.409. The number of amides is 1. The van der Waals surface area contributed by atoms with Crippen molar-refractivity contribution in [1.82, 2.24) is 0 Å². The first kappa shape index (κ1) is 17.0. The van der Waals surface area contributed by atoms with Gasteiger partial charge in [-0.25, -0.2) is 0 Å². The van der Waals surface area contributed by atoms with Gasteiger partial charge in [0.1, 0.15) is 0 Å². The Morgan fingerprint density at radius 3 is 2.69 bits per heavy atom. The van der Waals surface area contributed by atoms with Crippen LogP contribution >= 0.6 is 0 Å². The molecule has 2 aromatic carbocycles. The van der Waals surface area contributed by atoms with E-state index in [0.29, 0.717) is 11.3 Å². The Balaban J connectivity index is 1.59. The van der Waals surface area contributed by atoms with E-state index >= 15 is 0 Å². The predicted octanol–water partition coefficient (Wildman–Crippen LogP) is 4.53. The average Bonchev–Trinajstić information content (AvgIpc) is 3.32. The first-order valence-electron chi connectivity index (χ1n) is 9.42. The van der Waals surface area contributed by atoms with Crippen molar-refractivity contribution in [2.45, 2.75) is 45.1 Å².